The number of piperazine rings is 1. The number of hydrogen-bond donors (Lipinski definition) is 1. The molecule has 2 fully saturated rings. The normalized spacial score (nSPS) is 24.4. The Hall–Kier alpha value is -1.38. The third-order valence-electron chi connectivity index (χ3n) is 7.23. The van der Waals surface area contributed by atoms with E-state index in [0.717, 1.165) is 69.2 Å². The second-order valence-electron chi connectivity index (χ2n) is 9.13. The van der Waals surface area contributed by atoms with E-state index in [1.807, 2.05) is 12.1 Å². The van der Waals surface area contributed by atoms with Crippen molar-refractivity contribution in [1.29, 1.82) is 0 Å². The van der Waals surface area contributed by atoms with E-state index in [9.17, 15) is 12.8 Å². The van der Waals surface area contributed by atoms with Gasteiger partial charge < -0.3 is 10.6 Å². The van der Waals surface area contributed by atoms with Crippen LogP contribution in [0.5, 0.6) is 0 Å². The summed E-state index contributed by atoms with van der Waals surface area (Å²) in [5.41, 5.74) is 8.07. The number of hydrogen-bond acceptors (Lipinski definition) is 5. The van der Waals surface area contributed by atoms with Gasteiger partial charge in [0.1, 0.15) is 5.82 Å². The van der Waals surface area contributed by atoms with Crippen LogP contribution < -0.4 is 10.6 Å². The van der Waals surface area contributed by atoms with Crippen molar-refractivity contribution in [3.63, 3.8) is 0 Å². The minimum Gasteiger partial charge on any atom is -0.368 e. The van der Waals surface area contributed by atoms with Crippen molar-refractivity contribution >= 4 is 39.5 Å². The molecule has 2 aromatic carbocycles. The number of nitrogens with zero attached hydrogens (tertiary/aromatic N) is 2. The monoisotopic (exact) mass is 515 g/mol. The summed E-state index contributed by atoms with van der Waals surface area (Å²) < 4.78 is 38.0. The Morgan fingerprint density at radius 2 is 1.76 bits per heavy atom. The number of nitrogens with two attached hydrogens (primary N) is 1. The fourth-order valence-corrected chi connectivity index (χ4v) is 6.42. The van der Waals surface area contributed by atoms with Gasteiger partial charge in [-0.05, 0) is 61.6 Å². The molecule has 1 heterocycles. The van der Waals surface area contributed by atoms with Crippen LogP contribution in [0, 0.1) is 5.82 Å². The van der Waals surface area contributed by atoms with E-state index < -0.39 is 15.7 Å². The van der Waals surface area contributed by atoms with Gasteiger partial charge >= 0.3 is 0 Å². The topological polar surface area (TPSA) is 66.6 Å². The molecule has 4 rings (SSSR count). The van der Waals surface area contributed by atoms with Crippen LogP contribution in [0.15, 0.2) is 47.4 Å². The molecule has 2 aromatic rings. The molecule has 0 aromatic heterocycles. The van der Waals surface area contributed by atoms with Crippen molar-refractivity contribution in [3.05, 3.63) is 58.9 Å². The molecule has 33 heavy (non-hydrogen) atoms. The van der Waals surface area contributed by atoms with Crippen molar-refractivity contribution < 1.29 is 12.8 Å². The number of benzene rings is 2. The predicted octanol–water partition coefficient (Wildman–Crippen LogP) is 4.27. The van der Waals surface area contributed by atoms with Gasteiger partial charge in [-0.15, -0.1) is 12.4 Å². The fourth-order valence-electron chi connectivity index (χ4n) is 5.32. The van der Waals surface area contributed by atoms with E-state index in [4.69, 9.17) is 17.3 Å². The smallest absolute Gasteiger partial charge is 0.177 e. The van der Waals surface area contributed by atoms with Gasteiger partial charge in [0.05, 0.1) is 10.6 Å². The largest absolute Gasteiger partial charge is 0.368 e. The molecule has 9 heteroatoms. The molecule has 1 aliphatic heterocycles. The van der Waals surface area contributed by atoms with Gasteiger partial charge in [0.15, 0.2) is 9.84 Å². The Bertz CT molecular complexity index is 1070. The molecule has 1 saturated carbocycles. The second kappa shape index (κ2) is 10.5. The Kier molecular flexibility index (Phi) is 8.33. The summed E-state index contributed by atoms with van der Waals surface area (Å²) in [5, 5.41) is 0.753. The molecule has 0 amide bonds. The van der Waals surface area contributed by atoms with Gasteiger partial charge in [-0.1, -0.05) is 23.7 Å². The molecule has 0 unspecified atom stereocenters. The summed E-state index contributed by atoms with van der Waals surface area (Å²) in [6.45, 7) is 3.78. The third kappa shape index (κ3) is 5.65. The second-order valence-corrected chi connectivity index (χ2v) is 11.6. The highest BCUT2D eigenvalue weighted by molar-refractivity contribution is 7.90. The Labute approximate surface area is 207 Å². The molecule has 2 N–H and O–H groups in total. The molecule has 5 nitrogen and oxygen atoms in total. The van der Waals surface area contributed by atoms with Crippen molar-refractivity contribution in [2.45, 2.75) is 42.0 Å². The highest BCUT2D eigenvalue weighted by atomic mass is 35.5. The van der Waals surface area contributed by atoms with Crippen LogP contribution in [0.25, 0.3) is 0 Å². The van der Waals surface area contributed by atoms with Crippen LogP contribution >= 0.6 is 24.0 Å². The maximum Gasteiger partial charge on any atom is 0.177 e. The van der Waals surface area contributed by atoms with Crippen LogP contribution in [-0.4, -0.2) is 58.3 Å². The average Bonchev–Trinajstić information content (AvgIpc) is 2.79. The van der Waals surface area contributed by atoms with Crippen LogP contribution in [0.4, 0.5) is 10.1 Å². The standard InChI is InChI=1S/C24H31ClFN3O2S.ClH/c1-32(30,31)23-16-20(26)5-6-22(23)29-13-11-28(12-14-29)21-7-9-24(17-27,10-8-21)18-3-2-4-19(25)15-18;/h2-6,15-16,21H,7-14,17,27H2,1H3;1H/t21-,24-;. The van der Waals surface area contributed by atoms with Crippen LogP contribution in [0.3, 0.4) is 0 Å². The molecule has 0 radical (unpaired) electrons. The highest BCUT2D eigenvalue weighted by Gasteiger charge is 2.38. The number of sulfone groups is 1. The first-order chi connectivity index (χ1) is 15.2. The number of halogens is 3. The maximum absolute atomic E-state index is 13.7. The van der Waals surface area contributed by atoms with Crippen LogP contribution in [0.1, 0.15) is 31.2 Å². The molecule has 1 aliphatic carbocycles. The summed E-state index contributed by atoms with van der Waals surface area (Å²) in [4.78, 5) is 4.64. The Balaban J connectivity index is 0.00000306. The first-order valence-corrected chi connectivity index (χ1v) is 13.4. The number of rotatable bonds is 5. The average molecular weight is 517 g/mol. The van der Waals surface area contributed by atoms with E-state index in [1.165, 1.54) is 11.6 Å². The first kappa shape index (κ1) is 26.2. The fraction of sp³-hybridized carbons (Fsp3) is 0.500. The lowest BCUT2D eigenvalue weighted by Gasteiger charge is -2.46. The highest BCUT2D eigenvalue weighted by Crippen LogP contribution is 2.41. The molecular formula is C24H32Cl2FN3O2S. The lowest BCUT2D eigenvalue weighted by atomic mass is 9.68. The van der Waals surface area contributed by atoms with Gasteiger partial charge in [0, 0.05) is 55.5 Å². The van der Waals surface area contributed by atoms with E-state index in [2.05, 4.69) is 21.9 Å². The summed E-state index contributed by atoms with van der Waals surface area (Å²) >= 11 is 6.23. The van der Waals surface area contributed by atoms with Crippen molar-refractivity contribution in [2.75, 3.05) is 43.9 Å². The zero-order valence-corrected chi connectivity index (χ0v) is 21.2. The summed E-state index contributed by atoms with van der Waals surface area (Å²) in [5.74, 6) is -0.530. The Morgan fingerprint density at radius 1 is 1.09 bits per heavy atom. The van der Waals surface area contributed by atoms with Gasteiger partial charge in [0.2, 0.25) is 0 Å². The van der Waals surface area contributed by atoms with Gasteiger partial charge in [0.25, 0.3) is 0 Å². The lowest BCUT2D eigenvalue weighted by Crippen LogP contribution is -2.53. The zero-order valence-electron chi connectivity index (χ0n) is 18.8. The first-order valence-electron chi connectivity index (χ1n) is 11.2. The quantitative estimate of drug-likeness (QED) is 0.643. The molecule has 0 spiro atoms. The molecule has 182 valence electrons. The van der Waals surface area contributed by atoms with Crippen molar-refractivity contribution in [3.8, 4) is 0 Å². The van der Waals surface area contributed by atoms with E-state index in [-0.39, 0.29) is 22.7 Å². The van der Waals surface area contributed by atoms with Crippen LogP contribution in [-0.2, 0) is 15.3 Å². The summed E-state index contributed by atoms with van der Waals surface area (Å²) in [6, 6.07) is 12.6. The van der Waals surface area contributed by atoms with Gasteiger partial charge in [-0.2, -0.15) is 0 Å². The van der Waals surface area contributed by atoms with Gasteiger partial charge in [-0.25, -0.2) is 12.8 Å². The van der Waals surface area contributed by atoms with E-state index in [0.29, 0.717) is 18.3 Å². The number of anilines is 1. The van der Waals surface area contributed by atoms with Crippen molar-refractivity contribution in [1.82, 2.24) is 4.90 Å². The van der Waals surface area contributed by atoms with Gasteiger partial charge in [-0.3, -0.25) is 4.90 Å². The molecule has 0 bridgehead atoms. The van der Waals surface area contributed by atoms with E-state index >= 15 is 0 Å². The molecule has 0 atom stereocenters. The summed E-state index contributed by atoms with van der Waals surface area (Å²) in [6.07, 6.45) is 5.35. The molecular weight excluding hydrogens is 484 g/mol. The molecule has 1 saturated heterocycles. The Morgan fingerprint density at radius 3 is 2.33 bits per heavy atom. The van der Waals surface area contributed by atoms with E-state index in [1.54, 1.807) is 6.07 Å². The maximum atomic E-state index is 13.7. The SMILES string of the molecule is CS(=O)(=O)c1cc(F)ccc1N1CCN([C@H]2CC[C@](CN)(c3cccc(Cl)c3)CC2)CC1.Cl. The minimum absolute atomic E-state index is 0. The zero-order chi connectivity index (χ0) is 22.9. The van der Waals surface area contributed by atoms with Crippen LogP contribution in [0.2, 0.25) is 5.02 Å². The van der Waals surface area contributed by atoms with Crippen molar-refractivity contribution in [2.24, 2.45) is 5.73 Å². The molecule has 2 aliphatic rings. The predicted molar refractivity (Wildman–Crippen MR) is 135 cm³/mol. The summed E-state index contributed by atoms with van der Waals surface area (Å²) in [7, 11) is -3.50. The third-order valence-corrected chi connectivity index (χ3v) is 8.59. The lowest BCUT2D eigenvalue weighted by molar-refractivity contribution is 0.118. The minimum atomic E-state index is -3.50.